The SMILES string of the molecule is CC(N1CC(Oc2ccc(Br)cc2)C1)C(F)(F)F. The molecule has 2 nitrogen and oxygen atoms in total. The molecule has 18 heavy (non-hydrogen) atoms. The molecule has 1 aromatic carbocycles. The summed E-state index contributed by atoms with van der Waals surface area (Å²) in [5, 5.41) is 0. The van der Waals surface area contributed by atoms with Crippen LogP contribution in [0, 0.1) is 0 Å². The van der Waals surface area contributed by atoms with Gasteiger partial charge in [0, 0.05) is 17.6 Å². The Morgan fingerprint density at radius 2 is 1.83 bits per heavy atom. The van der Waals surface area contributed by atoms with Crippen LogP contribution in [-0.2, 0) is 0 Å². The monoisotopic (exact) mass is 323 g/mol. The molecule has 1 fully saturated rings. The van der Waals surface area contributed by atoms with Crippen molar-refractivity contribution in [1.82, 2.24) is 4.90 Å². The van der Waals surface area contributed by atoms with E-state index in [1.165, 1.54) is 11.8 Å². The van der Waals surface area contributed by atoms with E-state index in [1.54, 1.807) is 12.1 Å². The molecule has 1 atom stereocenters. The summed E-state index contributed by atoms with van der Waals surface area (Å²) >= 11 is 3.30. The van der Waals surface area contributed by atoms with E-state index in [1.807, 2.05) is 12.1 Å². The Hall–Kier alpha value is -0.750. The third-order valence-corrected chi connectivity index (χ3v) is 3.54. The van der Waals surface area contributed by atoms with E-state index in [0.717, 1.165) is 4.47 Å². The van der Waals surface area contributed by atoms with Gasteiger partial charge in [0.25, 0.3) is 0 Å². The second kappa shape index (κ2) is 5.09. The molecule has 1 aliphatic heterocycles. The van der Waals surface area contributed by atoms with Gasteiger partial charge in [0.2, 0.25) is 0 Å². The Balaban J connectivity index is 1.81. The van der Waals surface area contributed by atoms with E-state index < -0.39 is 12.2 Å². The van der Waals surface area contributed by atoms with Gasteiger partial charge in [0.1, 0.15) is 17.9 Å². The number of halogens is 4. The maximum absolute atomic E-state index is 12.4. The normalized spacial score (nSPS) is 19.4. The molecule has 1 heterocycles. The fraction of sp³-hybridized carbons (Fsp3) is 0.500. The van der Waals surface area contributed by atoms with E-state index in [2.05, 4.69) is 15.9 Å². The predicted octanol–water partition coefficient (Wildman–Crippen LogP) is 3.46. The molecule has 0 spiro atoms. The first-order valence-corrected chi connectivity index (χ1v) is 6.38. The van der Waals surface area contributed by atoms with Crippen LogP contribution in [-0.4, -0.2) is 36.3 Å². The van der Waals surface area contributed by atoms with E-state index in [0.29, 0.717) is 18.8 Å². The average molecular weight is 324 g/mol. The van der Waals surface area contributed by atoms with Crippen molar-refractivity contribution in [3.63, 3.8) is 0 Å². The minimum atomic E-state index is -4.16. The van der Waals surface area contributed by atoms with Gasteiger partial charge in [-0.2, -0.15) is 13.2 Å². The van der Waals surface area contributed by atoms with Gasteiger partial charge in [0.15, 0.2) is 0 Å². The number of hydrogen-bond donors (Lipinski definition) is 0. The van der Waals surface area contributed by atoms with E-state index in [4.69, 9.17) is 4.74 Å². The maximum atomic E-state index is 12.4. The van der Waals surface area contributed by atoms with Gasteiger partial charge in [-0.15, -0.1) is 0 Å². The summed E-state index contributed by atoms with van der Waals surface area (Å²) < 4.78 is 43.8. The highest BCUT2D eigenvalue weighted by atomic mass is 79.9. The number of ether oxygens (including phenoxy) is 1. The summed E-state index contributed by atoms with van der Waals surface area (Å²) in [5.41, 5.74) is 0. The van der Waals surface area contributed by atoms with Crippen LogP contribution in [0.4, 0.5) is 13.2 Å². The zero-order chi connectivity index (χ0) is 13.3. The molecule has 0 amide bonds. The molecule has 0 aromatic heterocycles. The van der Waals surface area contributed by atoms with Gasteiger partial charge in [-0.05, 0) is 31.2 Å². The Morgan fingerprint density at radius 1 is 1.28 bits per heavy atom. The molecule has 0 N–H and O–H groups in total. The largest absolute Gasteiger partial charge is 0.488 e. The lowest BCUT2D eigenvalue weighted by Crippen LogP contribution is -2.60. The van der Waals surface area contributed by atoms with Crippen molar-refractivity contribution in [1.29, 1.82) is 0 Å². The van der Waals surface area contributed by atoms with Crippen molar-refractivity contribution in [3.05, 3.63) is 28.7 Å². The number of nitrogens with zero attached hydrogens (tertiary/aromatic N) is 1. The first-order valence-electron chi connectivity index (χ1n) is 5.59. The average Bonchev–Trinajstić information content (AvgIpc) is 2.23. The second-order valence-corrected chi connectivity index (χ2v) is 5.28. The number of benzene rings is 1. The van der Waals surface area contributed by atoms with E-state index in [-0.39, 0.29) is 6.10 Å². The van der Waals surface area contributed by atoms with Crippen LogP contribution in [0.1, 0.15) is 6.92 Å². The minimum absolute atomic E-state index is 0.157. The lowest BCUT2D eigenvalue weighted by atomic mass is 10.1. The summed E-state index contributed by atoms with van der Waals surface area (Å²) in [6, 6.07) is 5.86. The molecule has 0 aliphatic carbocycles. The van der Waals surface area contributed by atoms with Crippen molar-refractivity contribution >= 4 is 15.9 Å². The quantitative estimate of drug-likeness (QED) is 0.844. The first-order chi connectivity index (χ1) is 8.36. The number of rotatable bonds is 3. The van der Waals surface area contributed by atoms with Crippen LogP contribution in [0.2, 0.25) is 0 Å². The zero-order valence-corrected chi connectivity index (χ0v) is 11.3. The third kappa shape index (κ3) is 3.17. The molecule has 1 aromatic rings. The second-order valence-electron chi connectivity index (χ2n) is 4.37. The molecule has 0 saturated carbocycles. The van der Waals surface area contributed by atoms with Gasteiger partial charge in [0.05, 0.1) is 0 Å². The first kappa shape index (κ1) is 13.7. The smallest absolute Gasteiger partial charge is 0.403 e. The summed E-state index contributed by atoms with van der Waals surface area (Å²) in [6.07, 6.45) is -4.32. The predicted molar refractivity (Wildman–Crippen MR) is 65.6 cm³/mol. The minimum Gasteiger partial charge on any atom is -0.488 e. The fourth-order valence-electron chi connectivity index (χ4n) is 1.77. The van der Waals surface area contributed by atoms with Gasteiger partial charge in [-0.1, -0.05) is 15.9 Å². The van der Waals surface area contributed by atoms with Crippen molar-refractivity contribution in [2.45, 2.75) is 25.2 Å². The Morgan fingerprint density at radius 3 is 2.33 bits per heavy atom. The van der Waals surface area contributed by atoms with Crippen LogP contribution in [0.25, 0.3) is 0 Å². The maximum Gasteiger partial charge on any atom is 0.403 e. The number of alkyl halides is 3. The zero-order valence-electron chi connectivity index (χ0n) is 9.75. The van der Waals surface area contributed by atoms with Crippen LogP contribution in [0.15, 0.2) is 28.7 Å². The van der Waals surface area contributed by atoms with Gasteiger partial charge >= 0.3 is 6.18 Å². The van der Waals surface area contributed by atoms with E-state index in [9.17, 15) is 13.2 Å². The molecule has 1 aliphatic rings. The van der Waals surface area contributed by atoms with Crippen LogP contribution in [0.5, 0.6) is 5.75 Å². The van der Waals surface area contributed by atoms with Crippen molar-refractivity contribution < 1.29 is 17.9 Å². The lowest BCUT2D eigenvalue weighted by Gasteiger charge is -2.43. The summed E-state index contributed by atoms with van der Waals surface area (Å²) in [6.45, 7) is 1.81. The Bertz CT molecular complexity index is 401. The highest BCUT2D eigenvalue weighted by Gasteiger charge is 2.45. The molecule has 100 valence electrons. The molecule has 0 bridgehead atoms. The van der Waals surface area contributed by atoms with Crippen LogP contribution < -0.4 is 4.74 Å². The molecule has 1 saturated heterocycles. The highest BCUT2D eigenvalue weighted by molar-refractivity contribution is 9.10. The Kier molecular flexibility index (Phi) is 3.87. The number of hydrogen-bond acceptors (Lipinski definition) is 2. The summed E-state index contributed by atoms with van der Waals surface area (Å²) in [5.74, 6) is 0.683. The van der Waals surface area contributed by atoms with Crippen molar-refractivity contribution in [2.24, 2.45) is 0 Å². The van der Waals surface area contributed by atoms with Crippen LogP contribution in [0.3, 0.4) is 0 Å². The lowest BCUT2D eigenvalue weighted by molar-refractivity contribution is -0.197. The van der Waals surface area contributed by atoms with Crippen molar-refractivity contribution in [2.75, 3.05) is 13.1 Å². The molecule has 6 heteroatoms. The Labute approximate surface area is 112 Å². The molecule has 0 radical (unpaired) electrons. The fourth-order valence-corrected chi connectivity index (χ4v) is 2.04. The summed E-state index contributed by atoms with van der Waals surface area (Å²) in [4.78, 5) is 1.36. The third-order valence-electron chi connectivity index (χ3n) is 3.01. The van der Waals surface area contributed by atoms with Gasteiger partial charge in [-0.25, -0.2) is 0 Å². The van der Waals surface area contributed by atoms with Crippen LogP contribution >= 0.6 is 15.9 Å². The van der Waals surface area contributed by atoms with E-state index >= 15 is 0 Å². The topological polar surface area (TPSA) is 12.5 Å². The molecular formula is C12H13BrF3NO. The molecular weight excluding hydrogens is 311 g/mol. The standard InChI is InChI=1S/C12H13BrF3NO/c1-8(12(14,15)16)17-6-11(7-17)18-10-4-2-9(13)3-5-10/h2-5,8,11H,6-7H2,1H3. The van der Waals surface area contributed by atoms with Gasteiger partial charge in [-0.3, -0.25) is 4.90 Å². The van der Waals surface area contributed by atoms with Gasteiger partial charge < -0.3 is 4.74 Å². The summed E-state index contributed by atoms with van der Waals surface area (Å²) in [7, 11) is 0. The number of likely N-dealkylation sites (tertiary alicyclic amines) is 1. The molecule has 1 unspecified atom stereocenters. The van der Waals surface area contributed by atoms with Crippen molar-refractivity contribution in [3.8, 4) is 5.75 Å². The highest BCUT2D eigenvalue weighted by Crippen LogP contribution is 2.29. The molecule has 2 rings (SSSR count).